The predicted molar refractivity (Wildman–Crippen MR) is 47.8 cm³/mol. The van der Waals surface area contributed by atoms with E-state index in [1.807, 2.05) is 0 Å². The third-order valence-corrected chi connectivity index (χ3v) is 2.28. The van der Waals surface area contributed by atoms with Crippen molar-refractivity contribution in [1.29, 1.82) is 0 Å². The molecule has 0 spiro atoms. The summed E-state index contributed by atoms with van der Waals surface area (Å²) in [7, 11) is 0. The molecule has 0 aromatic heterocycles. The molecule has 7 heteroatoms. The van der Waals surface area contributed by atoms with E-state index >= 15 is 0 Å². The molecule has 0 radical (unpaired) electrons. The zero-order chi connectivity index (χ0) is 11.8. The Morgan fingerprint density at radius 3 is 2.33 bits per heavy atom. The van der Waals surface area contributed by atoms with Crippen molar-refractivity contribution in [3.63, 3.8) is 0 Å². The molecule has 15 heavy (non-hydrogen) atoms. The van der Waals surface area contributed by atoms with E-state index in [0.717, 1.165) is 6.07 Å². The Kier molecular flexibility index (Phi) is 2.90. The highest BCUT2D eigenvalue weighted by atomic mass is 35.5. The Morgan fingerprint density at radius 2 is 1.93 bits per heavy atom. The van der Waals surface area contributed by atoms with Gasteiger partial charge in [-0.25, -0.2) is 0 Å². The zero-order valence-electron chi connectivity index (χ0n) is 7.43. The smallest absolute Gasteiger partial charge is 0.258 e. The Morgan fingerprint density at radius 1 is 1.40 bits per heavy atom. The SMILES string of the molecule is Cc1ccc([N+](=O)[O-])c(C(F)(F)F)c1Cl. The molecular formula is C8H5ClF3NO2. The van der Waals surface area contributed by atoms with Crippen LogP contribution in [0.15, 0.2) is 12.1 Å². The van der Waals surface area contributed by atoms with Gasteiger partial charge in [-0.3, -0.25) is 10.1 Å². The molecule has 0 fully saturated rings. The van der Waals surface area contributed by atoms with Gasteiger partial charge in [-0.1, -0.05) is 17.7 Å². The summed E-state index contributed by atoms with van der Waals surface area (Å²) in [6.07, 6.45) is -4.83. The van der Waals surface area contributed by atoms with E-state index in [9.17, 15) is 23.3 Å². The van der Waals surface area contributed by atoms with Crippen molar-refractivity contribution in [2.75, 3.05) is 0 Å². The van der Waals surface area contributed by atoms with Gasteiger partial charge in [0.25, 0.3) is 5.69 Å². The number of aryl methyl sites for hydroxylation is 1. The largest absolute Gasteiger partial charge is 0.424 e. The third-order valence-electron chi connectivity index (χ3n) is 1.79. The van der Waals surface area contributed by atoms with Crippen LogP contribution in [-0.2, 0) is 6.18 Å². The zero-order valence-corrected chi connectivity index (χ0v) is 8.19. The molecule has 0 unspecified atom stereocenters. The van der Waals surface area contributed by atoms with Gasteiger partial charge in [-0.05, 0) is 12.5 Å². The van der Waals surface area contributed by atoms with Gasteiger partial charge in [-0.15, -0.1) is 0 Å². The summed E-state index contributed by atoms with van der Waals surface area (Å²) >= 11 is 5.40. The van der Waals surface area contributed by atoms with Gasteiger partial charge < -0.3 is 0 Å². The van der Waals surface area contributed by atoms with E-state index in [1.54, 1.807) is 0 Å². The Hall–Kier alpha value is -1.30. The van der Waals surface area contributed by atoms with Gasteiger partial charge in [0, 0.05) is 6.07 Å². The highest BCUT2D eigenvalue weighted by Gasteiger charge is 2.41. The normalized spacial score (nSPS) is 11.5. The van der Waals surface area contributed by atoms with Crippen molar-refractivity contribution in [3.8, 4) is 0 Å². The molecular weight excluding hydrogens is 235 g/mol. The average molecular weight is 240 g/mol. The average Bonchev–Trinajstić information content (AvgIpc) is 2.06. The minimum absolute atomic E-state index is 0.148. The summed E-state index contributed by atoms with van der Waals surface area (Å²) in [5.41, 5.74) is -2.28. The first-order chi connectivity index (χ1) is 6.75. The number of benzene rings is 1. The maximum absolute atomic E-state index is 12.5. The molecule has 82 valence electrons. The first-order valence-electron chi connectivity index (χ1n) is 3.76. The highest BCUT2D eigenvalue weighted by molar-refractivity contribution is 6.32. The van der Waals surface area contributed by atoms with Crippen molar-refractivity contribution >= 4 is 17.3 Å². The van der Waals surface area contributed by atoms with E-state index in [-0.39, 0.29) is 5.56 Å². The fraction of sp³-hybridized carbons (Fsp3) is 0.250. The van der Waals surface area contributed by atoms with Crippen LogP contribution in [-0.4, -0.2) is 4.92 Å². The van der Waals surface area contributed by atoms with Gasteiger partial charge in [0.2, 0.25) is 0 Å². The van der Waals surface area contributed by atoms with Crippen LogP contribution < -0.4 is 0 Å². The molecule has 1 rings (SSSR count). The first kappa shape index (κ1) is 11.8. The van der Waals surface area contributed by atoms with Gasteiger partial charge in [0.05, 0.1) is 9.95 Å². The second-order valence-corrected chi connectivity index (χ2v) is 3.22. The second-order valence-electron chi connectivity index (χ2n) is 2.85. The van der Waals surface area contributed by atoms with Crippen molar-refractivity contribution < 1.29 is 18.1 Å². The van der Waals surface area contributed by atoms with Crippen molar-refractivity contribution in [1.82, 2.24) is 0 Å². The lowest BCUT2D eigenvalue weighted by Gasteiger charge is -2.10. The maximum Gasteiger partial charge on any atom is 0.424 e. The Labute approximate surface area is 87.6 Å². The number of nitro groups is 1. The van der Waals surface area contributed by atoms with Gasteiger partial charge in [0.15, 0.2) is 5.56 Å². The van der Waals surface area contributed by atoms with Crippen LogP contribution in [0.1, 0.15) is 11.1 Å². The number of rotatable bonds is 1. The maximum atomic E-state index is 12.5. The molecule has 1 aromatic carbocycles. The summed E-state index contributed by atoms with van der Waals surface area (Å²) in [5.74, 6) is 0. The fourth-order valence-electron chi connectivity index (χ4n) is 1.09. The van der Waals surface area contributed by atoms with Crippen LogP contribution >= 0.6 is 11.6 Å². The Bertz CT molecular complexity index is 417. The molecule has 0 saturated heterocycles. The monoisotopic (exact) mass is 239 g/mol. The fourth-order valence-corrected chi connectivity index (χ4v) is 1.36. The predicted octanol–water partition coefficient (Wildman–Crippen LogP) is 3.58. The summed E-state index contributed by atoms with van der Waals surface area (Å²) in [6, 6.07) is 1.97. The van der Waals surface area contributed by atoms with Crippen LogP contribution in [0.4, 0.5) is 18.9 Å². The summed E-state index contributed by atoms with van der Waals surface area (Å²) in [4.78, 5) is 9.28. The molecule has 0 atom stereocenters. The minimum Gasteiger partial charge on any atom is -0.258 e. The van der Waals surface area contributed by atoms with E-state index in [4.69, 9.17) is 11.6 Å². The van der Waals surface area contributed by atoms with Crippen LogP contribution in [0.5, 0.6) is 0 Å². The lowest BCUT2D eigenvalue weighted by molar-refractivity contribution is -0.388. The molecule has 0 N–H and O–H groups in total. The summed E-state index contributed by atoms with van der Waals surface area (Å²) in [6.45, 7) is 1.35. The van der Waals surface area contributed by atoms with Gasteiger partial charge in [0.1, 0.15) is 0 Å². The number of hydrogen-bond donors (Lipinski definition) is 0. The number of nitrogens with zero attached hydrogens (tertiary/aromatic N) is 1. The van der Waals surface area contributed by atoms with Crippen molar-refractivity contribution in [2.45, 2.75) is 13.1 Å². The summed E-state index contributed by atoms with van der Waals surface area (Å²) in [5, 5.41) is 9.75. The number of nitro benzene ring substituents is 1. The van der Waals surface area contributed by atoms with Crippen LogP contribution in [0.3, 0.4) is 0 Å². The topological polar surface area (TPSA) is 43.1 Å². The standard InChI is InChI=1S/C8H5ClF3NO2/c1-4-2-3-5(13(14)15)6(7(4)9)8(10,11)12/h2-3H,1H3. The first-order valence-corrected chi connectivity index (χ1v) is 4.13. The van der Waals surface area contributed by atoms with E-state index in [2.05, 4.69) is 0 Å². The van der Waals surface area contributed by atoms with Crippen LogP contribution in [0, 0.1) is 17.0 Å². The quantitative estimate of drug-likeness (QED) is 0.555. The number of halogens is 4. The molecule has 3 nitrogen and oxygen atoms in total. The highest BCUT2D eigenvalue weighted by Crippen LogP contribution is 2.41. The Balaban J connectivity index is 3.57. The van der Waals surface area contributed by atoms with Crippen LogP contribution in [0.2, 0.25) is 5.02 Å². The van der Waals surface area contributed by atoms with Gasteiger partial charge >= 0.3 is 6.18 Å². The molecule has 1 aromatic rings. The van der Waals surface area contributed by atoms with Gasteiger partial charge in [-0.2, -0.15) is 13.2 Å². The van der Waals surface area contributed by atoms with E-state index in [0.29, 0.717) is 0 Å². The van der Waals surface area contributed by atoms with Crippen molar-refractivity contribution in [2.24, 2.45) is 0 Å². The third kappa shape index (κ3) is 2.20. The lowest BCUT2D eigenvalue weighted by atomic mass is 10.1. The number of alkyl halides is 3. The molecule has 0 aliphatic carbocycles. The van der Waals surface area contributed by atoms with E-state index in [1.165, 1.54) is 13.0 Å². The minimum atomic E-state index is -4.83. The van der Waals surface area contributed by atoms with Crippen LogP contribution in [0.25, 0.3) is 0 Å². The summed E-state index contributed by atoms with van der Waals surface area (Å²) < 4.78 is 37.4. The molecule has 0 amide bonds. The second kappa shape index (κ2) is 3.69. The van der Waals surface area contributed by atoms with E-state index < -0.39 is 27.4 Å². The van der Waals surface area contributed by atoms with Crippen molar-refractivity contribution in [3.05, 3.63) is 38.4 Å². The molecule has 0 aliphatic rings. The lowest BCUT2D eigenvalue weighted by Crippen LogP contribution is -2.10. The molecule has 0 heterocycles. The molecule has 0 saturated carbocycles. The molecule has 0 bridgehead atoms. The molecule has 0 aliphatic heterocycles. The number of hydrogen-bond acceptors (Lipinski definition) is 2.